The van der Waals surface area contributed by atoms with Gasteiger partial charge in [0.1, 0.15) is 5.54 Å². The minimum atomic E-state index is -1.24. The number of amides is 1. The highest BCUT2D eigenvalue weighted by Gasteiger charge is 2.41. The topological polar surface area (TPSA) is 95.7 Å². The molecule has 0 aliphatic carbocycles. The fraction of sp³-hybridized carbons (Fsp3) is 0.467. The van der Waals surface area contributed by atoms with Gasteiger partial charge in [0.2, 0.25) is 5.91 Å². The molecule has 1 saturated heterocycles. The van der Waals surface area contributed by atoms with E-state index in [0.29, 0.717) is 13.0 Å². The van der Waals surface area contributed by atoms with Crippen molar-refractivity contribution in [3.05, 3.63) is 29.3 Å². The largest absolute Gasteiger partial charge is 0.480 e. The van der Waals surface area contributed by atoms with Crippen molar-refractivity contribution in [1.29, 1.82) is 0 Å². The van der Waals surface area contributed by atoms with Gasteiger partial charge in [-0.3, -0.25) is 14.5 Å². The Labute approximate surface area is 123 Å². The monoisotopic (exact) mass is 291 g/mol. The van der Waals surface area contributed by atoms with Crippen LogP contribution in [0.4, 0.5) is 5.69 Å². The Balaban J connectivity index is 1.96. The summed E-state index contributed by atoms with van der Waals surface area (Å²) in [6, 6.07) is 5.82. The van der Waals surface area contributed by atoms with Gasteiger partial charge >= 0.3 is 5.97 Å². The maximum atomic E-state index is 12.1. The lowest BCUT2D eigenvalue weighted by Crippen LogP contribution is -2.50. The molecule has 0 radical (unpaired) electrons. The molecule has 1 amide bonds. The van der Waals surface area contributed by atoms with Crippen molar-refractivity contribution in [1.82, 2.24) is 4.90 Å². The number of hydrogen-bond donors (Lipinski definition) is 3. The van der Waals surface area contributed by atoms with Gasteiger partial charge in [-0.1, -0.05) is 18.2 Å². The number of nitrogens with zero attached hydrogens (tertiary/aromatic N) is 1. The molecule has 1 atom stereocenters. The molecular weight excluding hydrogens is 270 g/mol. The van der Waals surface area contributed by atoms with Crippen molar-refractivity contribution in [2.24, 2.45) is 5.73 Å². The SMILES string of the molecule is Cc1cccc(C)c1NC(=O)CN1CCC(N)(C(=O)O)C1. The summed E-state index contributed by atoms with van der Waals surface area (Å²) in [5.74, 6) is -1.16. The first kappa shape index (κ1) is 15.5. The molecule has 4 N–H and O–H groups in total. The minimum absolute atomic E-state index is 0.151. The van der Waals surface area contributed by atoms with E-state index in [4.69, 9.17) is 10.8 Å². The molecule has 0 bridgehead atoms. The van der Waals surface area contributed by atoms with E-state index in [1.54, 1.807) is 4.90 Å². The standard InChI is InChI=1S/C15H21N3O3/c1-10-4-3-5-11(2)13(10)17-12(19)8-18-7-6-15(16,9-18)14(20)21/h3-5H,6-9,16H2,1-2H3,(H,17,19)(H,20,21). The quantitative estimate of drug-likeness (QED) is 0.760. The van der Waals surface area contributed by atoms with E-state index in [0.717, 1.165) is 16.8 Å². The molecule has 114 valence electrons. The Bertz CT molecular complexity index is 553. The normalized spacial score (nSPS) is 22.2. The van der Waals surface area contributed by atoms with Gasteiger partial charge in [0, 0.05) is 18.8 Å². The van der Waals surface area contributed by atoms with Crippen LogP contribution in [0.1, 0.15) is 17.5 Å². The van der Waals surface area contributed by atoms with E-state index in [1.165, 1.54) is 0 Å². The summed E-state index contributed by atoms with van der Waals surface area (Å²) >= 11 is 0. The summed E-state index contributed by atoms with van der Waals surface area (Å²) in [5, 5.41) is 12.0. The van der Waals surface area contributed by atoms with Crippen LogP contribution in [0, 0.1) is 13.8 Å². The molecule has 6 nitrogen and oxygen atoms in total. The average molecular weight is 291 g/mol. The van der Waals surface area contributed by atoms with Crippen LogP contribution >= 0.6 is 0 Å². The molecule has 6 heteroatoms. The van der Waals surface area contributed by atoms with Crippen LogP contribution in [0.5, 0.6) is 0 Å². The number of para-hydroxylation sites is 1. The van der Waals surface area contributed by atoms with Crippen LogP contribution in [0.3, 0.4) is 0 Å². The predicted molar refractivity (Wildman–Crippen MR) is 80.2 cm³/mol. The van der Waals surface area contributed by atoms with Crippen molar-refractivity contribution in [2.75, 3.05) is 25.0 Å². The maximum absolute atomic E-state index is 12.1. The number of nitrogens with two attached hydrogens (primary N) is 1. The van der Waals surface area contributed by atoms with Crippen LogP contribution < -0.4 is 11.1 Å². The molecule has 0 spiro atoms. The number of hydrogen-bond acceptors (Lipinski definition) is 4. The number of anilines is 1. The second-order valence-electron chi connectivity index (χ2n) is 5.74. The second kappa shape index (κ2) is 5.83. The lowest BCUT2D eigenvalue weighted by molar-refractivity contribution is -0.143. The van der Waals surface area contributed by atoms with E-state index in [-0.39, 0.29) is 19.0 Å². The Morgan fingerprint density at radius 2 is 2.00 bits per heavy atom. The summed E-state index contributed by atoms with van der Waals surface area (Å²) in [6.45, 7) is 4.74. The molecule has 0 aromatic heterocycles. The predicted octanol–water partition coefficient (Wildman–Crippen LogP) is 0.730. The van der Waals surface area contributed by atoms with Crippen molar-refractivity contribution < 1.29 is 14.7 Å². The van der Waals surface area contributed by atoms with Gasteiger partial charge in [0.25, 0.3) is 0 Å². The molecule has 2 rings (SSSR count). The number of rotatable bonds is 4. The smallest absolute Gasteiger partial charge is 0.325 e. The lowest BCUT2D eigenvalue weighted by atomic mass is 10.0. The fourth-order valence-corrected chi connectivity index (χ4v) is 2.62. The van der Waals surface area contributed by atoms with Crippen LogP contribution in [-0.2, 0) is 9.59 Å². The Kier molecular flexibility index (Phi) is 4.29. The number of aryl methyl sites for hydroxylation is 2. The highest BCUT2D eigenvalue weighted by atomic mass is 16.4. The van der Waals surface area contributed by atoms with Gasteiger partial charge in [-0.25, -0.2) is 0 Å². The minimum Gasteiger partial charge on any atom is -0.480 e. The molecule has 1 aliphatic heterocycles. The number of carboxylic acids is 1. The number of carbonyl (C=O) groups excluding carboxylic acids is 1. The first-order valence-corrected chi connectivity index (χ1v) is 6.92. The van der Waals surface area contributed by atoms with Crippen molar-refractivity contribution in [3.63, 3.8) is 0 Å². The van der Waals surface area contributed by atoms with Crippen LogP contribution in [0.25, 0.3) is 0 Å². The first-order chi connectivity index (χ1) is 9.82. The molecule has 0 saturated carbocycles. The molecule has 1 unspecified atom stereocenters. The summed E-state index contributed by atoms with van der Waals surface area (Å²) in [5.41, 5.74) is 7.38. The zero-order valence-corrected chi connectivity index (χ0v) is 12.3. The van der Waals surface area contributed by atoms with Gasteiger partial charge in [-0.15, -0.1) is 0 Å². The van der Waals surface area contributed by atoms with Gasteiger partial charge in [0.15, 0.2) is 0 Å². The van der Waals surface area contributed by atoms with Gasteiger partial charge in [-0.2, -0.15) is 0 Å². The van der Waals surface area contributed by atoms with Crippen molar-refractivity contribution in [2.45, 2.75) is 25.8 Å². The number of aliphatic carboxylic acids is 1. The summed E-state index contributed by atoms with van der Waals surface area (Å²) < 4.78 is 0. The lowest BCUT2D eigenvalue weighted by Gasteiger charge is -2.20. The third kappa shape index (κ3) is 3.40. The third-order valence-corrected chi connectivity index (χ3v) is 3.92. The number of carboxylic acid groups (broad SMARTS) is 1. The summed E-state index contributed by atoms with van der Waals surface area (Å²) in [7, 11) is 0. The van der Waals surface area contributed by atoms with Gasteiger partial charge in [0.05, 0.1) is 6.54 Å². The zero-order chi connectivity index (χ0) is 15.6. The molecule has 1 aliphatic rings. The number of benzene rings is 1. The van der Waals surface area contributed by atoms with E-state index < -0.39 is 11.5 Å². The van der Waals surface area contributed by atoms with Crippen LogP contribution in [-0.4, -0.2) is 47.1 Å². The first-order valence-electron chi connectivity index (χ1n) is 6.92. The van der Waals surface area contributed by atoms with Crippen LogP contribution in [0.2, 0.25) is 0 Å². The zero-order valence-electron chi connectivity index (χ0n) is 12.3. The highest BCUT2D eigenvalue weighted by molar-refractivity contribution is 5.94. The van der Waals surface area contributed by atoms with Gasteiger partial charge in [-0.05, 0) is 31.4 Å². The van der Waals surface area contributed by atoms with E-state index in [1.807, 2.05) is 32.0 Å². The Hall–Kier alpha value is -1.92. The Morgan fingerprint density at radius 1 is 1.38 bits per heavy atom. The second-order valence-corrected chi connectivity index (χ2v) is 5.74. The van der Waals surface area contributed by atoms with Crippen molar-refractivity contribution >= 4 is 17.6 Å². The molecular formula is C15H21N3O3. The Morgan fingerprint density at radius 3 is 2.52 bits per heavy atom. The molecule has 1 aromatic carbocycles. The molecule has 1 fully saturated rings. The number of likely N-dealkylation sites (tertiary alicyclic amines) is 1. The fourth-order valence-electron chi connectivity index (χ4n) is 2.62. The van der Waals surface area contributed by atoms with E-state index in [9.17, 15) is 9.59 Å². The third-order valence-electron chi connectivity index (χ3n) is 3.92. The van der Waals surface area contributed by atoms with Crippen LogP contribution in [0.15, 0.2) is 18.2 Å². The number of nitrogens with one attached hydrogen (secondary N) is 1. The molecule has 1 heterocycles. The van der Waals surface area contributed by atoms with Gasteiger partial charge < -0.3 is 16.2 Å². The van der Waals surface area contributed by atoms with Crippen molar-refractivity contribution in [3.8, 4) is 0 Å². The summed E-state index contributed by atoms with van der Waals surface area (Å²) in [6.07, 6.45) is 0.360. The highest BCUT2D eigenvalue weighted by Crippen LogP contribution is 2.21. The maximum Gasteiger partial charge on any atom is 0.325 e. The molecule has 21 heavy (non-hydrogen) atoms. The van der Waals surface area contributed by atoms with E-state index in [2.05, 4.69) is 5.32 Å². The summed E-state index contributed by atoms with van der Waals surface area (Å²) in [4.78, 5) is 25.0. The molecule has 1 aromatic rings. The van der Waals surface area contributed by atoms with E-state index >= 15 is 0 Å². The number of carbonyl (C=O) groups is 2. The average Bonchev–Trinajstić information content (AvgIpc) is 2.77.